The van der Waals surface area contributed by atoms with Gasteiger partial charge in [-0.3, -0.25) is 9.69 Å². The molecule has 0 radical (unpaired) electrons. The Kier molecular flexibility index (Phi) is 4.57. The van der Waals surface area contributed by atoms with Crippen LogP contribution < -0.4 is 17.0 Å². The molecule has 2 rings (SSSR count). The van der Waals surface area contributed by atoms with Crippen molar-refractivity contribution < 1.29 is 4.79 Å². The molecule has 1 amide bonds. The van der Waals surface area contributed by atoms with E-state index in [4.69, 9.17) is 23.2 Å². The molecule has 7 heteroatoms. The van der Waals surface area contributed by atoms with Crippen molar-refractivity contribution in [1.29, 1.82) is 0 Å². The van der Waals surface area contributed by atoms with Gasteiger partial charge >= 0.3 is 0 Å². The lowest BCUT2D eigenvalue weighted by Gasteiger charge is -2.33. The summed E-state index contributed by atoms with van der Waals surface area (Å²) in [5, 5.41) is 0.563. The van der Waals surface area contributed by atoms with Crippen LogP contribution in [0.15, 0.2) is 12.1 Å². The predicted molar refractivity (Wildman–Crippen MR) is 74.3 cm³/mol. The minimum atomic E-state index is -0.288. The summed E-state index contributed by atoms with van der Waals surface area (Å²) < 4.78 is 0. The lowest BCUT2D eigenvalue weighted by molar-refractivity contribution is -0.124. The molecule has 1 aliphatic heterocycles. The number of hydrogen-bond donors (Lipinski definition) is 3. The summed E-state index contributed by atoms with van der Waals surface area (Å²) in [4.78, 5) is 17.8. The normalized spacial score (nSPS) is 20.2. The highest BCUT2D eigenvalue weighted by Gasteiger charge is 2.27. The van der Waals surface area contributed by atoms with Crippen LogP contribution >= 0.6 is 11.6 Å². The molecule has 1 fully saturated rings. The number of nitrogen functional groups attached to an aromatic ring is 1. The first-order chi connectivity index (χ1) is 9.11. The fourth-order valence-electron chi connectivity index (χ4n) is 2.37. The third-order valence-corrected chi connectivity index (χ3v) is 3.71. The van der Waals surface area contributed by atoms with Crippen LogP contribution in [-0.4, -0.2) is 28.4 Å². The first-order valence-corrected chi connectivity index (χ1v) is 6.65. The van der Waals surface area contributed by atoms with Crippen LogP contribution in [0, 0.1) is 0 Å². The van der Waals surface area contributed by atoms with Gasteiger partial charge in [0.1, 0.15) is 5.82 Å². The fourth-order valence-corrected chi connectivity index (χ4v) is 2.54. The highest BCUT2D eigenvalue weighted by molar-refractivity contribution is 6.31. The molecule has 1 aromatic rings. The first kappa shape index (κ1) is 14.0. The maximum Gasteiger partial charge on any atom is 0.234 e. The summed E-state index contributed by atoms with van der Waals surface area (Å²) in [5.41, 5.74) is 8.62. The number of carbonyl (C=O) groups excluding carboxylic acids is 1. The molecule has 0 saturated carbocycles. The van der Waals surface area contributed by atoms with E-state index in [0.29, 0.717) is 23.1 Å². The van der Waals surface area contributed by atoms with Crippen molar-refractivity contribution >= 4 is 23.3 Å². The number of amides is 1. The molecule has 1 atom stereocenters. The topological polar surface area (TPSA) is 97.3 Å². The second-order valence-corrected chi connectivity index (χ2v) is 5.06. The molecule has 104 valence electrons. The highest BCUT2D eigenvalue weighted by Crippen LogP contribution is 2.23. The van der Waals surface area contributed by atoms with Crippen LogP contribution in [-0.2, 0) is 11.3 Å². The number of pyridine rings is 1. The number of primary amides is 1. The Balaban J connectivity index is 2.16. The number of rotatable bonds is 4. The third kappa shape index (κ3) is 3.34. The predicted octanol–water partition coefficient (Wildman–Crippen LogP) is 0.860. The molecule has 1 unspecified atom stereocenters. The van der Waals surface area contributed by atoms with Crippen LogP contribution in [0.3, 0.4) is 0 Å². The Labute approximate surface area is 117 Å². The minimum Gasteiger partial charge on any atom is -0.368 e. The van der Waals surface area contributed by atoms with E-state index in [0.717, 1.165) is 25.8 Å². The Morgan fingerprint density at radius 2 is 2.32 bits per heavy atom. The van der Waals surface area contributed by atoms with Gasteiger partial charge in [-0.15, -0.1) is 0 Å². The molecule has 1 aliphatic rings. The lowest BCUT2D eigenvalue weighted by Crippen LogP contribution is -2.47. The van der Waals surface area contributed by atoms with Gasteiger partial charge in [0.2, 0.25) is 5.91 Å². The van der Waals surface area contributed by atoms with E-state index < -0.39 is 0 Å². The number of nitrogens with zero attached hydrogens (tertiary/aromatic N) is 2. The zero-order valence-electron chi connectivity index (χ0n) is 10.6. The minimum absolute atomic E-state index is 0.235. The number of aromatic nitrogens is 1. The molecule has 1 saturated heterocycles. The average Bonchev–Trinajstić information content (AvgIpc) is 2.41. The maximum absolute atomic E-state index is 11.5. The largest absolute Gasteiger partial charge is 0.368 e. The Bertz CT molecular complexity index is 467. The number of hydrazine groups is 1. The Hall–Kier alpha value is -1.37. The second-order valence-electron chi connectivity index (χ2n) is 4.65. The van der Waals surface area contributed by atoms with E-state index in [1.54, 1.807) is 12.1 Å². The van der Waals surface area contributed by atoms with Gasteiger partial charge in [-0.25, -0.2) is 10.8 Å². The molecule has 0 aromatic carbocycles. The molecule has 1 aromatic heterocycles. The van der Waals surface area contributed by atoms with Crippen LogP contribution in [0.4, 0.5) is 5.82 Å². The number of nitrogens with two attached hydrogens (primary N) is 2. The highest BCUT2D eigenvalue weighted by atomic mass is 35.5. The van der Waals surface area contributed by atoms with Crippen molar-refractivity contribution in [3.8, 4) is 0 Å². The van der Waals surface area contributed by atoms with E-state index in [-0.39, 0.29) is 11.9 Å². The van der Waals surface area contributed by atoms with Gasteiger partial charge in [0.05, 0.1) is 16.8 Å². The van der Waals surface area contributed by atoms with Gasteiger partial charge in [-0.2, -0.15) is 0 Å². The van der Waals surface area contributed by atoms with Crippen molar-refractivity contribution in [2.45, 2.75) is 31.8 Å². The summed E-state index contributed by atoms with van der Waals surface area (Å²) in [7, 11) is 0. The van der Waals surface area contributed by atoms with Gasteiger partial charge in [0.15, 0.2) is 0 Å². The van der Waals surface area contributed by atoms with Crippen molar-refractivity contribution in [2.75, 3.05) is 12.0 Å². The number of hydrogen-bond acceptors (Lipinski definition) is 5. The quantitative estimate of drug-likeness (QED) is 0.562. The molecule has 0 bridgehead atoms. The van der Waals surface area contributed by atoms with Gasteiger partial charge in [-0.05, 0) is 31.5 Å². The lowest BCUT2D eigenvalue weighted by atomic mass is 10.0. The summed E-state index contributed by atoms with van der Waals surface area (Å²) >= 11 is 6.13. The SMILES string of the molecule is NNc1ccc(Cl)c(CN2CCCCC2C(N)=O)n1. The first-order valence-electron chi connectivity index (χ1n) is 6.27. The Morgan fingerprint density at radius 3 is 3.00 bits per heavy atom. The van der Waals surface area contributed by atoms with E-state index >= 15 is 0 Å². The summed E-state index contributed by atoms with van der Waals surface area (Å²) in [6.45, 7) is 1.33. The van der Waals surface area contributed by atoms with Crippen molar-refractivity contribution in [3.05, 3.63) is 22.8 Å². The van der Waals surface area contributed by atoms with Crippen LogP contribution in [0.1, 0.15) is 25.0 Å². The van der Waals surface area contributed by atoms with Crippen molar-refractivity contribution in [2.24, 2.45) is 11.6 Å². The fraction of sp³-hybridized carbons (Fsp3) is 0.500. The number of anilines is 1. The zero-order valence-corrected chi connectivity index (χ0v) is 11.4. The monoisotopic (exact) mass is 283 g/mol. The van der Waals surface area contributed by atoms with E-state index in [1.165, 1.54) is 0 Å². The molecule has 5 N–H and O–H groups in total. The van der Waals surface area contributed by atoms with Gasteiger partial charge in [0.25, 0.3) is 0 Å². The van der Waals surface area contributed by atoms with E-state index in [1.807, 2.05) is 4.90 Å². The molecule has 2 heterocycles. The van der Waals surface area contributed by atoms with Gasteiger partial charge < -0.3 is 11.2 Å². The molecule has 19 heavy (non-hydrogen) atoms. The van der Waals surface area contributed by atoms with E-state index in [2.05, 4.69) is 10.4 Å². The molecule has 6 nitrogen and oxygen atoms in total. The number of likely N-dealkylation sites (tertiary alicyclic amines) is 1. The van der Waals surface area contributed by atoms with Gasteiger partial charge in [0, 0.05) is 6.54 Å². The number of nitrogens with one attached hydrogen (secondary N) is 1. The van der Waals surface area contributed by atoms with Gasteiger partial charge in [-0.1, -0.05) is 18.0 Å². The summed E-state index contributed by atoms with van der Waals surface area (Å²) in [6, 6.07) is 3.21. The second kappa shape index (κ2) is 6.18. The van der Waals surface area contributed by atoms with E-state index in [9.17, 15) is 4.79 Å². The van der Waals surface area contributed by atoms with Crippen LogP contribution in [0.2, 0.25) is 5.02 Å². The molecular weight excluding hydrogens is 266 g/mol. The van der Waals surface area contributed by atoms with Crippen molar-refractivity contribution in [3.63, 3.8) is 0 Å². The van der Waals surface area contributed by atoms with Crippen LogP contribution in [0.5, 0.6) is 0 Å². The summed E-state index contributed by atoms with van der Waals surface area (Å²) in [6.07, 6.45) is 2.87. The third-order valence-electron chi connectivity index (χ3n) is 3.36. The molecule has 0 aliphatic carbocycles. The number of piperidine rings is 1. The Morgan fingerprint density at radius 1 is 1.53 bits per heavy atom. The van der Waals surface area contributed by atoms with Crippen LogP contribution in [0.25, 0.3) is 0 Å². The smallest absolute Gasteiger partial charge is 0.234 e. The van der Waals surface area contributed by atoms with Crippen molar-refractivity contribution in [1.82, 2.24) is 9.88 Å². The number of halogens is 1. The number of carbonyl (C=O) groups is 1. The molecule has 0 spiro atoms. The molecular formula is C12H18ClN5O. The standard InChI is InChI=1S/C12H18ClN5O/c13-8-4-5-11(17-15)16-9(8)7-18-6-2-1-3-10(18)12(14)19/h4-5,10H,1-3,6-7,15H2,(H2,14,19)(H,16,17). The summed E-state index contributed by atoms with van der Waals surface area (Å²) in [5.74, 6) is 5.59. The maximum atomic E-state index is 11.5. The average molecular weight is 284 g/mol. The zero-order chi connectivity index (χ0) is 13.8.